The molecule has 1 aromatic carbocycles. The molecule has 0 radical (unpaired) electrons. The standard InChI is InChI=1S/C15H16ClN5/c1-3-17-13-9-21-7-6-18-15(21)14(20-13)19-11-5-4-10(2)12(16)8-11/h4-9,17H,3H2,1-2H3,(H,19,20). The Hall–Kier alpha value is -2.27. The van der Waals surface area contributed by atoms with Gasteiger partial charge in [-0.05, 0) is 31.5 Å². The maximum Gasteiger partial charge on any atom is 0.180 e. The largest absolute Gasteiger partial charge is 0.369 e. The first kappa shape index (κ1) is 13.7. The number of hydrogen-bond donors (Lipinski definition) is 2. The molecule has 2 heterocycles. The van der Waals surface area contributed by atoms with Crippen LogP contribution in [0.3, 0.4) is 0 Å². The zero-order valence-corrected chi connectivity index (χ0v) is 12.6. The normalized spacial score (nSPS) is 10.8. The molecule has 0 saturated heterocycles. The highest BCUT2D eigenvalue weighted by molar-refractivity contribution is 6.31. The maximum absolute atomic E-state index is 6.16. The van der Waals surface area contributed by atoms with Crippen LogP contribution >= 0.6 is 11.6 Å². The van der Waals surface area contributed by atoms with E-state index in [0.717, 1.165) is 34.3 Å². The van der Waals surface area contributed by atoms with Gasteiger partial charge in [0.15, 0.2) is 11.5 Å². The van der Waals surface area contributed by atoms with Gasteiger partial charge in [-0.2, -0.15) is 0 Å². The Balaban J connectivity index is 2.01. The van der Waals surface area contributed by atoms with E-state index >= 15 is 0 Å². The monoisotopic (exact) mass is 301 g/mol. The van der Waals surface area contributed by atoms with Crippen molar-refractivity contribution in [1.82, 2.24) is 14.4 Å². The van der Waals surface area contributed by atoms with Gasteiger partial charge in [0.25, 0.3) is 0 Å². The number of nitrogens with zero attached hydrogens (tertiary/aromatic N) is 3. The lowest BCUT2D eigenvalue weighted by molar-refractivity contribution is 1.09. The minimum absolute atomic E-state index is 0.693. The zero-order chi connectivity index (χ0) is 14.8. The van der Waals surface area contributed by atoms with Gasteiger partial charge < -0.3 is 15.0 Å². The van der Waals surface area contributed by atoms with Gasteiger partial charge in [-0.1, -0.05) is 17.7 Å². The Kier molecular flexibility index (Phi) is 3.66. The van der Waals surface area contributed by atoms with Crippen LogP contribution in [-0.2, 0) is 0 Å². The number of imidazole rings is 1. The summed E-state index contributed by atoms with van der Waals surface area (Å²) in [5.74, 6) is 1.49. The fraction of sp³-hybridized carbons (Fsp3) is 0.200. The summed E-state index contributed by atoms with van der Waals surface area (Å²) >= 11 is 6.16. The molecule has 0 aliphatic carbocycles. The summed E-state index contributed by atoms with van der Waals surface area (Å²) in [4.78, 5) is 8.89. The molecule has 5 nitrogen and oxygen atoms in total. The van der Waals surface area contributed by atoms with Gasteiger partial charge in [0.05, 0.1) is 6.20 Å². The number of rotatable bonds is 4. The summed E-state index contributed by atoms with van der Waals surface area (Å²) in [5, 5.41) is 7.22. The molecular formula is C15H16ClN5. The number of anilines is 3. The van der Waals surface area contributed by atoms with E-state index in [1.165, 1.54) is 0 Å². The molecule has 0 saturated carbocycles. The summed E-state index contributed by atoms with van der Waals surface area (Å²) in [7, 11) is 0. The van der Waals surface area contributed by atoms with Crippen molar-refractivity contribution < 1.29 is 0 Å². The van der Waals surface area contributed by atoms with Crippen LogP contribution in [0.5, 0.6) is 0 Å². The van der Waals surface area contributed by atoms with E-state index in [0.29, 0.717) is 5.82 Å². The van der Waals surface area contributed by atoms with Crippen molar-refractivity contribution in [3.8, 4) is 0 Å². The van der Waals surface area contributed by atoms with Crippen LogP contribution in [0.4, 0.5) is 17.3 Å². The lowest BCUT2D eigenvalue weighted by Gasteiger charge is -2.11. The average molecular weight is 302 g/mol. The number of fused-ring (bicyclic) bond motifs is 1. The molecule has 0 aliphatic heterocycles. The minimum atomic E-state index is 0.693. The fourth-order valence-corrected chi connectivity index (χ4v) is 2.27. The molecule has 3 aromatic rings. The van der Waals surface area contributed by atoms with Crippen LogP contribution in [0.1, 0.15) is 12.5 Å². The van der Waals surface area contributed by atoms with Gasteiger partial charge in [-0.3, -0.25) is 0 Å². The van der Waals surface area contributed by atoms with Crippen molar-refractivity contribution in [3.05, 3.63) is 47.4 Å². The Labute approximate surface area is 128 Å². The summed E-state index contributed by atoms with van der Waals surface area (Å²) < 4.78 is 1.93. The van der Waals surface area contributed by atoms with E-state index in [1.807, 2.05) is 48.8 Å². The Morgan fingerprint density at radius 3 is 2.95 bits per heavy atom. The molecule has 0 fully saturated rings. The molecule has 0 bridgehead atoms. The highest BCUT2D eigenvalue weighted by atomic mass is 35.5. The SMILES string of the molecule is CCNc1cn2ccnc2c(Nc2ccc(C)c(Cl)c2)n1. The third-order valence-electron chi connectivity index (χ3n) is 3.17. The number of nitrogens with one attached hydrogen (secondary N) is 2. The first-order valence-corrected chi connectivity index (χ1v) is 7.16. The summed E-state index contributed by atoms with van der Waals surface area (Å²) in [6, 6.07) is 5.84. The molecule has 0 atom stereocenters. The van der Waals surface area contributed by atoms with Crippen LogP contribution in [0, 0.1) is 6.92 Å². The van der Waals surface area contributed by atoms with Gasteiger partial charge in [-0.15, -0.1) is 0 Å². The van der Waals surface area contributed by atoms with E-state index in [9.17, 15) is 0 Å². The van der Waals surface area contributed by atoms with E-state index < -0.39 is 0 Å². The topological polar surface area (TPSA) is 54.2 Å². The summed E-state index contributed by atoms with van der Waals surface area (Å²) in [5.41, 5.74) is 2.70. The van der Waals surface area contributed by atoms with Gasteiger partial charge in [-0.25, -0.2) is 9.97 Å². The second-order valence-electron chi connectivity index (χ2n) is 4.75. The van der Waals surface area contributed by atoms with E-state index in [4.69, 9.17) is 11.6 Å². The van der Waals surface area contributed by atoms with Gasteiger partial charge in [0, 0.05) is 29.6 Å². The molecule has 0 spiro atoms. The third-order valence-corrected chi connectivity index (χ3v) is 3.57. The molecule has 0 unspecified atom stereocenters. The van der Waals surface area contributed by atoms with Crippen molar-refractivity contribution in [2.45, 2.75) is 13.8 Å². The quantitative estimate of drug-likeness (QED) is 0.768. The third kappa shape index (κ3) is 2.78. The predicted molar refractivity (Wildman–Crippen MR) is 86.6 cm³/mol. The second kappa shape index (κ2) is 5.61. The second-order valence-corrected chi connectivity index (χ2v) is 5.16. The molecule has 3 rings (SSSR count). The van der Waals surface area contributed by atoms with Gasteiger partial charge in [0.1, 0.15) is 5.82 Å². The summed E-state index contributed by atoms with van der Waals surface area (Å²) in [6.07, 6.45) is 5.56. The highest BCUT2D eigenvalue weighted by Gasteiger charge is 2.08. The van der Waals surface area contributed by atoms with Crippen LogP contribution in [-0.4, -0.2) is 20.9 Å². The molecule has 21 heavy (non-hydrogen) atoms. The molecule has 0 aliphatic rings. The van der Waals surface area contributed by atoms with Gasteiger partial charge in [0.2, 0.25) is 0 Å². The predicted octanol–water partition coefficient (Wildman–Crippen LogP) is 3.87. The zero-order valence-electron chi connectivity index (χ0n) is 11.9. The van der Waals surface area contributed by atoms with Crippen LogP contribution in [0.25, 0.3) is 5.65 Å². The Morgan fingerprint density at radius 2 is 2.19 bits per heavy atom. The smallest absolute Gasteiger partial charge is 0.180 e. The van der Waals surface area contributed by atoms with Crippen molar-refractivity contribution >= 4 is 34.6 Å². The van der Waals surface area contributed by atoms with Crippen molar-refractivity contribution in [2.75, 3.05) is 17.2 Å². The molecule has 2 N–H and O–H groups in total. The minimum Gasteiger partial charge on any atom is -0.369 e. The molecule has 2 aromatic heterocycles. The van der Waals surface area contributed by atoms with Crippen molar-refractivity contribution in [1.29, 1.82) is 0 Å². The first-order chi connectivity index (χ1) is 10.2. The van der Waals surface area contributed by atoms with Gasteiger partial charge >= 0.3 is 0 Å². The first-order valence-electron chi connectivity index (χ1n) is 6.78. The molecular weight excluding hydrogens is 286 g/mol. The average Bonchev–Trinajstić information content (AvgIpc) is 2.92. The molecule has 108 valence electrons. The fourth-order valence-electron chi connectivity index (χ4n) is 2.09. The Morgan fingerprint density at radius 1 is 1.33 bits per heavy atom. The van der Waals surface area contributed by atoms with Crippen LogP contribution in [0.15, 0.2) is 36.8 Å². The molecule has 0 amide bonds. The number of benzene rings is 1. The number of aryl methyl sites for hydroxylation is 1. The lowest BCUT2D eigenvalue weighted by atomic mass is 10.2. The van der Waals surface area contributed by atoms with E-state index in [1.54, 1.807) is 6.20 Å². The van der Waals surface area contributed by atoms with E-state index in [-0.39, 0.29) is 0 Å². The number of hydrogen-bond acceptors (Lipinski definition) is 4. The van der Waals surface area contributed by atoms with Crippen molar-refractivity contribution in [3.63, 3.8) is 0 Å². The maximum atomic E-state index is 6.16. The van der Waals surface area contributed by atoms with Crippen molar-refractivity contribution in [2.24, 2.45) is 0 Å². The lowest BCUT2D eigenvalue weighted by Crippen LogP contribution is -2.05. The number of aromatic nitrogens is 3. The molecule has 6 heteroatoms. The van der Waals surface area contributed by atoms with Crippen LogP contribution in [0.2, 0.25) is 5.02 Å². The Bertz CT molecular complexity index is 781. The highest BCUT2D eigenvalue weighted by Crippen LogP contribution is 2.25. The number of halogens is 1. The van der Waals surface area contributed by atoms with Crippen LogP contribution < -0.4 is 10.6 Å². The summed E-state index contributed by atoms with van der Waals surface area (Å²) in [6.45, 7) is 4.82. The van der Waals surface area contributed by atoms with E-state index in [2.05, 4.69) is 20.6 Å².